The number of hydrogen-bond donors (Lipinski definition) is 1. The van der Waals surface area contributed by atoms with Crippen molar-refractivity contribution in [1.82, 2.24) is 10.1 Å². The summed E-state index contributed by atoms with van der Waals surface area (Å²) in [6.45, 7) is 3.69. The summed E-state index contributed by atoms with van der Waals surface area (Å²) in [4.78, 5) is 14.7. The third kappa shape index (κ3) is 1.96. The number of carboxylic acids is 1. The van der Waals surface area contributed by atoms with Crippen molar-refractivity contribution in [2.45, 2.75) is 20.3 Å². The highest BCUT2D eigenvalue weighted by Crippen LogP contribution is 2.19. The molecule has 84 valence electrons. The first-order chi connectivity index (χ1) is 7.58. The monoisotopic (exact) mass is 238 g/mol. The minimum Gasteiger partial charge on any atom is -0.476 e. The van der Waals surface area contributed by atoms with E-state index >= 15 is 0 Å². The molecular formula is C10H10N2O3S. The van der Waals surface area contributed by atoms with E-state index in [1.807, 2.05) is 13.8 Å². The Morgan fingerprint density at radius 2 is 2.31 bits per heavy atom. The average Bonchev–Trinajstić information content (AvgIpc) is 2.80. The Bertz CT molecular complexity index is 510. The number of nitrogens with zero attached hydrogens (tertiary/aromatic N) is 2. The van der Waals surface area contributed by atoms with Crippen molar-refractivity contribution in [2.75, 3.05) is 0 Å². The number of aromatic carboxylic acids is 1. The van der Waals surface area contributed by atoms with E-state index in [2.05, 4.69) is 10.1 Å². The molecule has 0 fully saturated rings. The summed E-state index contributed by atoms with van der Waals surface area (Å²) in [5, 5.41) is 14.9. The number of aromatic nitrogens is 2. The molecular weight excluding hydrogens is 228 g/mol. The second-order valence-electron chi connectivity index (χ2n) is 3.41. The second kappa shape index (κ2) is 4.05. The molecule has 0 aliphatic heterocycles. The topological polar surface area (TPSA) is 76.2 Å². The Morgan fingerprint density at radius 1 is 1.56 bits per heavy atom. The van der Waals surface area contributed by atoms with E-state index < -0.39 is 5.97 Å². The lowest BCUT2D eigenvalue weighted by Gasteiger charge is -1.94. The van der Waals surface area contributed by atoms with Gasteiger partial charge in [-0.15, -0.1) is 11.3 Å². The summed E-state index contributed by atoms with van der Waals surface area (Å²) in [5.41, 5.74) is 1.89. The summed E-state index contributed by atoms with van der Waals surface area (Å²) in [6, 6.07) is 0. The highest BCUT2D eigenvalue weighted by Gasteiger charge is 2.13. The van der Waals surface area contributed by atoms with Gasteiger partial charge in [0, 0.05) is 17.4 Å². The lowest BCUT2D eigenvalue weighted by atomic mass is 10.1. The molecule has 0 saturated carbocycles. The van der Waals surface area contributed by atoms with Gasteiger partial charge in [0.05, 0.1) is 10.7 Å². The van der Waals surface area contributed by atoms with Gasteiger partial charge in [-0.3, -0.25) is 0 Å². The van der Waals surface area contributed by atoms with Crippen LogP contribution in [0, 0.1) is 13.8 Å². The van der Waals surface area contributed by atoms with Crippen molar-refractivity contribution in [3.05, 3.63) is 33.1 Å². The SMILES string of the molecule is Cc1noc(C)c1Cc1nc(C(=O)O)cs1. The minimum atomic E-state index is -0.999. The van der Waals surface area contributed by atoms with Gasteiger partial charge in [-0.25, -0.2) is 9.78 Å². The zero-order valence-corrected chi connectivity index (χ0v) is 9.67. The fraction of sp³-hybridized carbons (Fsp3) is 0.300. The molecule has 0 aliphatic rings. The van der Waals surface area contributed by atoms with Crippen molar-refractivity contribution in [2.24, 2.45) is 0 Å². The fourth-order valence-corrected chi connectivity index (χ4v) is 2.18. The molecule has 0 saturated heterocycles. The Kier molecular flexibility index (Phi) is 2.74. The van der Waals surface area contributed by atoms with Crippen LogP contribution >= 0.6 is 11.3 Å². The van der Waals surface area contributed by atoms with Crippen LogP contribution in [0.4, 0.5) is 0 Å². The Balaban J connectivity index is 2.24. The molecule has 16 heavy (non-hydrogen) atoms. The van der Waals surface area contributed by atoms with E-state index in [1.54, 1.807) is 0 Å². The fourth-order valence-electron chi connectivity index (χ4n) is 1.40. The van der Waals surface area contributed by atoms with Crippen molar-refractivity contribution in [3.8, 4) is 0 Å². The summed E-state index contributed by atoms with van der Waals surface area (Å²) in [7, 11) is 0. The summed E-state index contributed by atoms with van der Waals surface area (Å²) < 4.78 is 5.03. The number of aryl methyl sites for hydroxylation is 2. The Labute approximate surface area is 95.7 Å². The first kappa shape index (κ1) is 10.8. The van der Waals surface area contributed by atoms with Crippen molar-refractivity contribution < 1.29 is 14.4 Å². The van der Waals surface area contributed by atoms with Gasteiger partial charge >= 0.3 is 5.97 Å². The highest BCUT2D eigenvalue weighted by molar-refractivity contribution is 7.09. The number of rotatable bonds is 3. The van der Waals surface area contributed by atoms with Gasteiger partial charge in [0.1, 0.15) is 5.76 Å². The van der Waals surface area contributed by atoms with Crippen molar-refractivity contribution in [1.29, 1.82) is 0 Å². The molecule has 0 atom stereocenters. The number of carboxylic acid groups (broad SMARTS) is 1. The van der Waals surface area contributed by atoms with Gasteiger partial charge in [-0.1, -0.05) is 5.16 Å². The quantitative estimate of drug-likeness (QED) is 0.885. The maximum absolute atomic E-state index is 10.7. The van der Waals surface area contributed by atoms with Crippen molar-refractivity contribution in [3.63, 3.8) is 0 Å². The van der Waals surface area contributed by atoms with Crippen LogP contribution in [0.3, 0.4) is 0 Å². The van der Waals surface area contributed by atoms with Crippen LogP contribution in [-0.2, 0) is 6.42 Å². The van der Waals surface area contributed by atoms with E-state index in [0.717, 1.165) is 22.0 Å². The van der Waals surface area contributed by atoms with E-state index in [9.17, 15) is 4.79 Å². The van der Waals surface area contributed by atoms with Crippen LogP contribution in [0.15, 0.2) is 9.90 Å². The molecule has 0 radical (unpaired) electrons. The maximum atomic E-state index is 10.7. The molecule has 0 bridgehead atoms. The third-order valence-corrected chi connectivity index (χ3v) is 3.13. The lowest BCUT2D eigenvalue weighted by Crippen LogP contribution is -1.97. The van der Waals surface area contributed by atoms with E-state index in [-0.39, 0.29) is 5.69 Å². The third-order valence-electron chi connectivity index (χ3n) is 2.28. The van der Waals surface area contributed by atoms with Gasteiger partial charge in [0.25, 0.3) is 0 Å². The predicted octanol–water partition coefficient (Wildman–Crippen LogP) is 2.04. The van der Waals surface area contributed by atoms with Gasteiger partial charge in [0.15, 0.2) is 5.69 Å². The molecule has 0 amide bonds. The summed E-state index contributed by atoms with van der Waals surface area (Å²) >= 11 is 1.33. The van der Waals surface area contributed by atoms with E-state index in [1.165, 1.54) is 16.7 Å². The predicted molar refractivity (Wildman–Crippen MR) is 57.9 cm³/mol. The zero-order valence-electron chi connectivity index (χ0n) is 8.85. The summed E-state index contributed by atoms with van der Waals surface area (Å²) in [5.74, 6) is -0.245. The van der Waals surface area contributed by atoms with Crippen molar-refractivity contribution >= 4 is 17.3 Å². The van der Waals surface area contributed by atoms with Crippen LogP contribution in [0.1, 0.15) is 32.5 Å². The highest BCUT2D eigenvalue weighted by atomic mass is 32.1. The van der Waals surface area contributed by atoms with Gasteiger partial charge in [-0.05, 0) is 13.8 Å². The number of hydrogen-bond acceptors (Lipinski definition) is 5. The molecule has 5 nitrogen and oxygen atoms in total. The molecule has 0 aliphatic carbocycles. The number of thiazole rings is 1. The maximum Gasteiger partial charge on any atom is 0.355 e. The Hall–Kier alpha value is -1.69. The molecule has 1 N–H and O–H groups in total. The molecule has 6 heteroatoms. The van der Waals surface area contributed by atoms with E-state index in [0.29, 0.717) is 6.42 Å². The van der Waals surface area contributed by atoms with E-state index in [4.69, 9.17) is 9.63 Å². The second-order valence-corrected chi connectivity index (χ2v) is 4.35. The van der Waals surface area contributed by atoms with Crippen LogP contribution in [0.2, 0.25) is 0 Å². The minimum absolute atomic E-state index is 0.0896. The van der Waals surface area contributed by atoms with Crippen LogP contribution in [0.5, 0.6) is 0 Å². The zero-order chi connectivity index (χ0) is 11.7. The van der Waals surface area contributed by atoms with Crippen LogP contribution in [-0.4, -0.2) is 21.2 Å². The molecule has 2 aromatic rings. The number of carbonyl (C=O) groups is 1. The smallest absolute Gasteiger partial charge is 0.355 e. The van der Waals surface area contributed by atoms with Gasteiger partial charge < -0.3 is 9.63 Å². The van der Waals surface area contributed by atoms with Crippen LogP contribution in [0.25, 0.3) is 0 Å². The molecule has 2 rings (SSSR count). The molecule has 0 aromatic carbocycles. The molecule has 2 heterocycles. The lowest BCUT2D eigenvalue weighted by molar-refractivity contribution is 0.0691. The molecule has 0 spiro atoms. The largest absolute Gasteiger partial charge is 0.476 e. The normalized spacial score (nSPS) is 10.6. The standard InChI is InChI=1S/C10H10N2O3S/c1-5-7(6(2)15-12-5)3-9-11-8(4-16-9)10(13)14/h4H,3H2,1-2H3,(H,13,14). The Morgan fingerprint density at radius 3 is 2.81 bits per heavy atom. The first-order valence-electron chi connectivity index (χ1n) is 4.67. The average molecular weight is 238 g/mol. The molecule has 0 unspecified atom stereocenters. The van der Waals surface area contributed by atoms with Gasteiger partial charge in [0.2, 0.25) is 0 Å². The van der Waals surface area contributed by atoms with Gasteiger partial charge in [-0.2, -0.15) is 0 Å². The molecule has 2 aromatic heterocycles. The summed E-state index contributed by atoms with van der Waals surface area (Å²) in [6.07, 6.45) is 0.569. The van der Waals surface area contributed by atoms with Crippen LogP contribution < -0.4 is 0 Å². The first-order valence-corrected chi connectivity index (χ1v) is 5.55.